The highest BCUT2D eigenvalue weighted by molar-refractivity contribution is 8.15. The largest absolute Gasteiger partial charge is 0.494 e. The molecular formula is C23H25ClN4O4S. The van der Waals surface area contributed by atoms with Gasteiger partial charge in [0, 0.05) is 31.2 Å². The second-order valence-electron chi connectivity index (χ2n) is 7.40. The Morgan fingerprint density at radius 1 is 1.21 bits per heavy atom. The van der Waals surface area contributed by atoms with E-state index in [1.54, 1.807) is 62.6 Å². The number of carbonyl (C=O) groups excluding carboxylic acids is 3. The predicted molar refractivity (Wildman–Crippen MR) is 131 cm³/mol. The highest BCUT2D eigenvalue weighted by Gasteiger charge is 2.40. The predicted octanol–water partition coefficient (Wildman–Crippen LogP) is 3.79. The lowest BCUT2D eigenvalue weighted by Gasteiger charge is -2.18. The molecule has 3 rings (SSSR count). The standard InChI is InChI=1S/C23H25ClN4O4S/c1-4-32-18-10-8-16(9-11-18)25-20(29)13-19-22(31)28(14-21(30)27(2)3)23(33-19)26-17-7-5-6-15(24)12-17/h5-12,19H,4,13-14H2,1-3H3,(H,25,29). The molecule has 3 amide bonds. The second-order valence-corrected chi connectivity index (χ2v) is 9.01. The van der Waals surface area contributed by atoms with Gasteiger partial charge in [-0.1, -0.05) is 29.4 Å². The van der Waals surface area contributed by atoms with Crippen LogP contribution in [0.4, 0.5) is 11.4 Å². The topological polar surface area (TPSA) is 91.3 Å². The van der Waals surface area contributed by atoms with Crippen molar-refractivity contribution in [2.24, 2.45) is 4.99 Å². The van der Waals surface area contributed by atoms with Gasteiger partial charge in [-0.15, -0.1) is 0 Å². The van der Waals surface area contributed by atoms with Gasteiger partial charge < -0.3 is 15.0 Å². The van der Waals surface area contributed by atoms with Gasteiger partial charge in [-0.3, -0.25) is 19.3 Å². The lowest BCUT2D eigenvalue weighted by Crippen LogP contribution is -2.41. The number of likely N-dealkylation sites (N-methyl/N-ethyl adjacent to an activating group) is 1. The molecule has 8 nitrogen and oxygen atoms in total. The summed E-state index contributed by atoms with van der Waals surface area (Å²) in [6.45, 7) is 2.29. The molecule has 1 aliphatic heterocycles. The molecule has 33 heavy (non-hydrogen) atoms. The van der Waals surface area contributed by atoms with Crippen LogP contribution < -0.4 is 10.1 Å². The molecule has 2 aromatic carbocycles. The lowest BCUT2D eigenvalue weighted by atomic mass is 10.2. The van der Waals surface area contributed by atoms with Crippen molar-refractivity contribution in [1.82, 2.24) is 9.80 Å². The number of amidine groups is 1. The third kappa shape index (κ3) is 6.72. The van der Waals surface area contributed by atoms with Gasteiger partial charge in [-0.2, -0.15) is 0 Å². The normalized spacial score (nSPS) is 16.7. The number of ether oxygens (including phenoxy) is 1. The average molecular weight is 489 g/mol. The maximum absolute atomic E-state index is 13.1. The summed E-state index contributed by atoms with van der Waals surface area (Å²) in [7, 11) is 3.23. The summed E-state index contributed by atoms with van der Waals surface area (Å²) < 4.78 is 5.40. The second kappa shape index (κ2) is 11.2. The highest BCUT2D eigenvalue weighted by Crippen LogP contribution is 2.32. The Bertz CT molecular complexity index is 1060. The molecule has 1 aliphatic rings. The van der Waals surface area contributed by atoms with E-state index in [9.17, 15) is 14.4 Å². The molecule has 0 radical (unpaired) electrons. The minimum atomic E-state index is -0.694. The van der Waals surface area contributed by atoms with Crippen LogP contribution in [-0.2, 0) is 14.4 Å². The van der Waals surface area contributed by atoms with Crippen LogP contribution in [0, 0.1) is 0 Å². The average Bonchev–Trinajstić information content (AvgIpc) is 3.04. The minimum absolute atomic E-state index is 0.0576. The SMILES string of the molecule is CCOc1ccc(NC(=O)CC2SC(=Nc3cccc(Cl)c3)N(CC(=O)N(C)C)C2=O)cc1. The molecule has 1 atom stereocenters. The Hall–Kier alpha value is -3.04. The Kier molecular flexibility index (Phi) is 8.35. The molecule has 1 N–H and O–H groups in total. The van der Waals surface area contributed by atoms with Crippen molar-refractivity contribution in [1.29, 1.82) is 0 Å². The first-order valence-corrected chi connectivity index (χ1v) is 11.6. The molecule has 1 heterocycles. The molecule has 2 aromatic rings. The molecule has 0 bridgehead atoms. The molecule has 1 unspecified atom stereocenters. The van der Waals surface area contributed by atoms with Crippen LogP contribution in [0.2, 0.25) is 5.02 Å². The Labute approximate surface area is 201 Å². The zero-order valence-corrected chi connectivity index (χ0v) is 20.2. The summed E-state index contributed by atoms with van der Waals surface area (Å²) in [4.78, 5) is 45.2. The maximum atomic E-state index is 13.1. The number of anilines is 1. The molecule has 174 valence electrons. The van der Waals surface area contributed by atoms with Gasteiger partial charge in [0.25, 0.3) is 0 Å². The molecule has 10 heteroatoms. The smallest absolute Gasteiger partial charge is 0.243 e. The van der Waals surface area contributed by atoms with Crippen LogP contribution in [0.25, 0.3) is 0 Å². The van der Waals surface area contributed by atoms with Crippen molar-refractivity contribution in [3.63, 3.8) is 0 Å². The van der Waals surface area contributed by atoms with Crippen molar-refractivity contribution in [2.45, 2.75) is 18.6 Å². The van der Waals surface area contributed by atoms with Crippen LogP contribution >= 0.6 is 23.4 Å². The van der Waals surface area contributed by atoms with E-state index in [-0.39, 0.29) is 30.7 Å². The van der Waals surface area contributed by atoms with E-state index in [1.807, 2.05) is 6.92 Å². The van der Waals surface area contributed by atoms with E-state index in [2.05, 4.69) is 10.3 Å². The van der Waals surface area contributed by atoms with Crippen LogP contribution in [-0.4, -0.2) is 65.2 Å². The van der Waals surface area contributed by atoms with Gasteiger partial charge in [0.05, 0.1) is 12.3 Å². The van der Waals surface area contributed by atoms with Crippen LogP contribution in [0.5, 0.6) is 5.75 Å². The van der Waals surface area contributed by atoms with Gasteiger partial charge in [-0.05, 0) is 49.4 Å². The van der Waals surface area contributed by atoms with Gasteiger partial charge in [-0.25, -0.2) is 4.99 Å². The number of hydrogen-bond acceptors (Lipinski definition) is 6. The molecule has 0 saturated carbocycles. The summed E-state index contributed by atoms with van der Waals surface area (Å²) in [5.41, 5.74) is 1.16. The fourth-order valence-electron chi connectivity index (χ4n) is 2.98. The number of carbonyl (C=O) groups is 3. The number of amides is 3. The number of nitrogens with one attached hydrogen (secondary N) is 1. The maximum Gasteiger partial charge on any atom is 0.243 e. The quantitative estimate of drug-likeness (QED) is 0.610. The van der Waals surface area contributed by atoms with E-state index in [4.69, 9.17) is 16.3 Å². The van der Waals surface area contributed by atoms with E-state index in [0.717, 1.165) is 11.8 Å². The number of rotatable bonds is 8. The highest BCUT2D eigenvalue weighted by atomic mass is 35.5. The molecule has 1 fully saturated rings. The van der Waals surface area contributed by atoms with E-state index in [0.29, 0.717) is 33.9 Å². The summed E-state index contributed by atoms with van der Waals surface area (Å²) >= 11 is 7.21. The molecule has 0 spiro atoms. The summed E-state index contributed by atoms with van der Waals surface area (Å²) in [6.07, 6.45) is -0.0576. The number of halogens is 1. The lowest BCUT2D eigenvalue weighted by molar-refractivity contribution is -0.135. The molecule has 1 saturated heterocycles. The summed E-state index contributed by atoms with van der Waals surface area (Å²) in [5.74, 6) is -0.187. The number of nitrogens with zero attached hydrogens (tertiary/aromatic N) is 3. The Morgan fingerprint density at radius 3 is 2.58 bits per heavy atom. The Morgan fingerprint density at radius 2 is 1.94 bits per heavy atom. The Balaban J connectivity index is 1.74. The summed E-state index contributed by atoms with van der Waals surface area (Å²) in [6, 6.07) is 13.9. The van der Waals surface area contributed by atoms with Crippen LogP contribution in [0.1, 0.15) is 13.3 Å². The number of aliphatic imine (C=N–C) groups is 1. The van der Waals surface area contributed by atoms with Crippen molar-refractivity contribution in [3.8, 4) is 5.75 Å². The van der Waals surface area contributed by atoms with Crippen molar-refractivity contribution < 1.29 is 19.1 Å². The minimum Gasteiger partial charge on any atom is -0.494 e. The van der Waals surface area contributed by atoms with Crippen molar-refractivity contribution in [3.05, 3.63) is 53.6 Å². The third-order valence-electron chi connectivity index (χ3n) is 4.67. The zero-order valence-electron chi connectivity index (χ0n) is 18.6. The number of thioether (sulfide) groups is 1. The van der Waals surface area contributed by atoms with E-state index < -0.39 is 5.25 Å². The number of hydrogen-bond donors (Lipinski definition) is 1. The van der Waals surface area contributed by atoms with Crippen LogP contribution in [0.3, 0.4) is 0 Å². The number of benzene rings is 2. The van der Waals surface area contributed by atoms with Crippen LogP contribution in [0.15, 0.2) is 53.5 Å². The van der Waals surface area contributed by atoms with E-state index in [1.165, 1.54) is 9.80 Å². The molecular weight excluding hydrogens is 464 g/mol. The first kappa shape index (κ1) is 24.6. The first-order valence-electron chi connectivity index (χ1n) is 10.3. The zero-order chi connectivity index (χ0) is 24.0. The molecule has 0 aromatic heterocycles. The fraction of sp³-hybridized carbons (Fsp3) is 0.304. The van der Waals surface area contributed by atoms with Gasteiger partial charge in [0.15, 0.2) is 5.17 Å². The monoisotopic (exact) mass is 488 g/mol. The van der Waals surface area contributed by atoms with Crippen molar-refractivity contribution in [2.75, 3.05) is 32.6 Å². The van der Waals surface area contributed by atoms with E-state index >= 15 is 0 Å². The summed E-state index contributed by atoms with van der Waals surface area (Å²) in [5, 5.41) is 2.97. The third-order valence-corrected chi connectivity index (χ3v) is 6.08. The van der Waals surface area contributed by atoms with Crippen molar-refractivity contribution >= 4 is 57.6 Å². The molecule has 0 aliphatic carbocycles. The fourth-order valence-corrected chi connectivity index (χ4v) is 4.33. The van der Waals surface area contributed by atoms with Gasteiger partial charge in [0.1, 0.15) is 17.5 Å². The van der Waals surface area contributed by atoms with Gasteiger partial charge in [0.2, 0.25) is 17.7 Å². The first-order chi connectivity index (χ1) is 15.8. The van der Waals surface area contributed by atoms with Gasteiger partial charge >= 0.3 is 0 Å².